The first-order valence-corrected chi connectivity index (χ1v) is 15.6. The Labute approximate surface area is 238 Å². The maximum Gasteiger partial charge on any atom is 0.238 e. The van der Waals surface area contributed by atoms with Crippen LogP contribution >= 0.6 is 0 Å². The molecule has 0 bridgehead atoms. The molecule has 3 N–H and O–H groups in total. The highest BCUT2D eigenvalue weighted by Gasteiger charge is 2.27. The number of nitrogens with one attached hydrogen (secondary N) is 1. The molecule has 0 radical (unpaired) electrons. The van der Waals surface area contributed by atoms with Crippen LogP contribution in [0.5, 0.6) is 5.75 Å². The summed E-state index contributed by atoms with van der Waals surface area (Å²) >= 11 is 0. The first kappa shape index (κ1) is 29.5. The van der Waals surface area contributed by atoms with Gasteiger partial charge in [0, 0.05) is 24.7 Å². The number of nitrogens with two attached hydrogens (primary N) is 1. The average Bonchev–Trinajstić information content (AvgIpc) is 3.35. The second-order valence-corrected chi connectivity index (χ2v) is 11.6. The first-order valence-electron chi connectivity index (χ1n) is 14.0. The van der Waals surface area contributed by atoms with Crippen LogP contribution in [-0.2, 0) is 23.1 Å². The van der Waals surface area contributed by atoms with E-state index in [9.17, 15) is 8.42 Å². The number of rotatable bonds is 14. The van der Waals surface area contributed by atoms with Gasteiger partial charge in [0.15, 0.2) is 0 Å². The van der Waals surface area contributed by atoms with Crippen molar-refractivity contribution < 1.29 is 13.2 Å². The smallest absolute Gasteiger partial charge is 0.238 e. The zero-order valence-corrected chi connectivity index (χ0v) is 24.5. The van der Waals surface area contributed by atoms with Crippen LogP contribution < -0.4 is 15.2 Å². The molecule has 3 aromatic carbocycles. The molecule has 0 saturated heterocycles. The van der Waals surface area contributed by atoms with Crippen LogP contribution in [0.4, 0.5) is 0 Å². The normalized spacial score (nSPS) is 12.4. The quantitative estimate of drug-likeness (QED) is 0.179. The van der Waals surface area contributed by atoms with Gasteiger partial charge in [0.25, 0.3) is 0 Å². The summed E-state index contributed by atoms with van der Waals surface area (Å²) in [6.45, 7) is 5.83. The largest absolute Gasteiger partial charge is 0.496 e. The Morgan fingerprint density at radius 2 is 1.60 bits per heavy atom. The van der Waals surface area contributed by atoms with E-state index in [4.69, 9.17) is 14.9 Å². The minimum absolute atomic E-state index is 0.0286. The molecule has 0 aliphatic carbocycles. The molecule has 7 nitrogen and oxygen atoms in total. The maximum absolute atomic E-state index is 11.7. The van der Waals surface area contributed by atoms with E-state index in [1.807, 2.05) is 36.4 Å². The zero-order valence-electron chi connectivity index (χ0n) is 23.6. The van der Waals surface area contributed by atoms with Gasteiger partial charge in [-0.25, -0.2) is 18.5 Å². The molecule has 1 unspecified atom stereocenters. The number of unbranched alkanes of at least 4 members (excludes halogenated alkanes) is 2. The van der Waals surface area contributed by atoms with E-state index in [1.54, 1.807) is 19.2 Å². The third kappa shape index (κ3) is 6.99. The Balaban J connectivity index is 1.83. The highest BCUT2D eigenvalue weighted by atomic mass is 32.2. The molecule has 8 heteroatoms. The van der Waals surface area contributed by atoms with Crippen molar-refractivity contribution in [2.24, 2.45) is 5.14 Å². The number of methoxy groups -OCH3 is 1. The second-order valence-electron chi connectivity index (χ2n) is 10.0. The summed E-state index contributed by atoms with van der Waals surface area (Å²) in [5.74, 6) is 1.70. The molecule has 1 atom stereocenters. The van der Waals surface area contributed by atoms with Gasteiger partial charge in [0.05, 0.1) is 29.0 Å². The number of primary sulfonamides is 1. The summed E-state index contributed by atoms with van der Waals surface area (Å²) in [5, 5.41) is 9.09. The fraction of sp³-hybridized carbons (Fsp3) is 0.344. The van der Waals surface area contributed by atoms with E-state index in [1.165, 1.54) is 0 Å². The predicted octanol–water partition coefficient (Wildman–Crippen LogP) is 6.69. The topological polar surface area (TPSA) is 99.2 Å². The van der Waals surface area contributed by atoms with Gasteiger partial charge < -0.3 is 14.6 Å². The molecular formula is C32H40N4O3S. The number of ether oxygens (including phenoxy) is 1. The monoisotopic (exact) mass is 560 g/mol. The number of aromatic nitrogens is 2. The van der Waals surface area contributed by atoms with Gasteiger partial charge in [-0.1, -0.05) is 87.7 Å². The van der Waals surface area contributed by atoms with Crippen LogP contribution in [0.3, 0.4) is 0 Å². The summed E-state index contributed by atoms with van der Waals surface area (Å²) in [6.07, 6.45) is 5.15. The number of nitrogens with zero attached hydrogens (tertiary/aromatic N) is 2. The van der Waals surface area contributed by atoms with Gasteiger partial charge in [0.2, 0.25) is 10.0 Å². The average molecular weight is 561 g/mol. The van der Waals surface area contributed by atoms with Crippen molar-refractivity contribution in [1.29, 1.82) is 0 Å². The van der Waals surface area contributed by atoms with Crippen LogP contribution in [0.1, 0.15) is 63.3 Å². The number of sulfonamides is 1. The lowest BCUT2D eigenvalue weighted by Crippen LogP contribution is -2.25. The molecular weight excluding hydrogens is 520 g/mol. The molecule has 0 amide bonds. The van der Waals surface area contributed by atoms with Gasteiger partial charge in [-0.05, 0) is 42.7 Å². The minimum Gasteiger partial charge on any atom is -0.496 e. The Kier molecular flexibility index (Phi) is 10.1. The molecule has 212 valence electrons. The van der Waals surface area contributed by atoms with Crippen LogP contribution in [0.2, 0.25) is 0 Å². The molecule has 0 fully saturated rings. The maximum atomic E-state index is 11.7. The van der Waals surface area contributed by atoms with Crippen LogP contribution in [-0.4, -0.2) is 25.1 Å². The number of hydrogen-bond acceptors (Lipinski definition) is 5. The molecule has 0 saturated carbocycles. The number of para-hydroxylation sites is 1. The van der Waals surface area contributed by atoms with Gasteiger partial charge in [-0.3, -0.25) is 0 Å². The molecule has 0 aliphatic rings. The molecule has 0 spiro atoms. The van der Waals surface area contributed by atoms with Crippen molar-refractivity contribution in [2.75, 3.05) is 7.11 Å². The Hall–Kier alpha value is -3.46. The van der Waals surface area contributed by atoms with Crippen molar-refractivity contribution >= 4 is 10.0 Å². The van der Waals surface area contributed by atoms with Crippen molar-refractivity contribution in [1.82, 2.24) is 14.9 Å². The van der Waals surface area contributed by atoms with Crippen molar-refractivity contribution in [2.45, 2.75) is 70.0 Å². The van der Waals surface area contributed by atoms with Gasteiger partial charge >= 0.3 is 0 Å². The standard InChI is InChI=1S/C32H40N4O3S/c1-4-6-16-28(34-23-24-18-20-26(21-19-24)40(33,37)38)31-30(25-13-9-8-10-14-25)35-32(36(31)22-7-5-2)27-15-11-12-17-29(27)39-3/h8-15,17-21,28,34H,4-7,16,22-23H2,1-3H3,(H2,33,37,38). The molecule has 40 heavy (non-hydrogen) atoms. The fourth-order valence-electron chi connectivity index (χ4n) is 4.99. The number of imidazole rings is 1. The number of benzene rings is 3. The van der Waals surface area contributed by atoms with Gasteiger partial charge in [-0.2, -0.15) is 0 Å². The molecule has 1 heterocycles. The van der Waals surface area contributed by atoms with E-state index in [2.05, 4.69) is 54.1 Å². The molecule has 1 aromatic heterocycles. The van der Waals surface area contributed by atoms with Crippen LogP contribution in [0.25, 0.3) is 22.6 Å². The van der Waals surface area contributed by atoms with Crippen LogP contribution in [0.15, 0.2) is 83.8 Å². The minimum atomic E-state index is -3.73. The summed E-state index contributed by atoms with van der Waals surface area (Å²) in [4.78, 5) is 5.41. The third-order valence-electron chi connectivity index (χ3n) is 7.12. The second kappa shape index (κ2) is 13.7. The van der Waals surface area contributed by atoms with E-state index in [-0.39, 0.29) is 10.9 Å². The lowest BCUT2D eigenvalue weighted by molar-refractivity contribution is 0.415. The Morgan fingerprint density at radius 3 is 2.25 bits per heavy atom. The lowest BCUT2D eigenvalue weighted by Gasteiger charge is -2.23. The van der Waals surface area contributed by atoms with Crippen LogP contribution in [0, 0.1) is 0 Å². The van der Waals surface area contributed by atoms with Gasteiger partial charge in [0.1, 0.15) is 11.6 Å². The fourth-order valence-corrected chi connectivity index (χ4v) is 5.50. The van der Waals surface area contributed by atoms with E-state index >= 15 is 0 Å². The Bertz CT molecular complexity index is 1480. The number of hydrogen-bond donors (Lipinski definition) is 2. The lowest BCUT2D eigenvalue weighted by atomic mass is 10.0. The van der Waals surface area contributed by atoms with Crippen molar-refractivity contribution in [3.63, 3.8) is 0 Å². The zero-order chi connectivity index (χ0) is 28.5. The van der Waals surface area contributed by atoms with Crippen molar-refractivity contribution in [3.05, 3.63) is 90.1 Å². The molecule has 0 aliphatic heterocycles. The SMILES string of the molecule is CCCCC(NCc1ccc(S(N)(=O)=O)cc1)c1c(-c2ccccc2)nc(-c2ccccc2OC)n1CCCC. The third-order valence-corrected chi connectivity index (χ3v) is 8.05. The highest BCUT2D eigenvalue weighted by molar-refractivity contribution is 7.89. The summed E-state index contributed by atoms with van der Waals surface area (Å²) in [6, 6.07) is 25.2. The van der Waals surface area contributed by atoms with E-state index in [0.29, 0.717) is 6.54 Å². The Morgan fingerprint density at radius 1 is 0.925 bits per heavy atom. The molecule has 4 aromatic rings. The van der Waals surface area contributed by atoms with E-state index in [0.717, 1.165) is 78.3 Å². The summed E-state index contributed by atoms with van der Waals surface area (Å²) in [5.41, 5.74) is 5.16. The van der Waals surface area contributed by atoms with Crippen molar-refractivity contribution in [3.8, 4) is 28.4 Å². The molecule has 4 rings (SSSR count). The van der Waals surface area contributed by atoms with E-state index < -0.39 is 10.0 Å². The predicted molar refractivity (Wildman–Crippen MR) is 161 cm³/mol. The highest BCUT2D eigenvalue weighted by Crippen LogP contribution is 2.38. The summed E-state index contributed by atoms with van der Waals surface area (Å²) < 4.78 is 31.6. The first-order chi connectivity index (χ1) is 19.4. The summed E-state index contributed by atoms with van der Waals surface area (Å²) in [7, 11) is -2.03. The van der Waals surface area contributed by atoms with Gasteiger partial charge in [-0.15, -0.1) is 0 Å².